The van der Waals surface area contributed by atoms with E-state index in [4.69, 9.17) is 5.41 Å². The molecule has 0 radical (unpaired) electrons. The van der Waals surface area contributed by atoms with Crippen LogP contribution in [0, 0.1) is 10.8 Å². The Morgan fingerprint density at radius 2 is 1.67 bits per heavy atom. The number of aromatic nitrogens is 2. The maximum Gasteiger partial charge on any atom is 0.203 e. The summed E-state index contributed by atoms with van der Waals surface area (Å²) in [6, 6.07) is 8.05. The van der Waals surface area contributed by atoms with Crippen molar-refractivity contribution < 1.29 is 5.11 Å². The van der Waals surface area contributed by atoms with Gasteiger partial charge in [-0.25, -0.2) is 0 Å². The van der Waals surface area contributed by atoms with Crippen molar-refractivity contribution in [3.63, 3.8) is 0 Å². The fourth-order valence-corrected chi connectivity index (χ4v) is 2.38. The summed E-state index contributed by atoms with van der Waals surface area (Å²) < 4.78 is 3.94. The average Bonchev–Trinajstić information content (AvgIpc) is 2.64. The molecular formula is C16H26ClN3O. The lowest BCUT2D eigenvalue weighted by atomic mass is 9.89. The van der Waals surface area contributed by atoms with Crippen molar-refractivity contribution in [2.75, 3.05) is 0 Å². The van der Waals surface area contributed by atoms with Crippen LogP contribution in [0.5, 0.6) is 0 Å². The summed E-state index contributed by atoms with van der Waals surface area (Å²) in [4.78, 5) is 0. The highest BCUT2D eigenvalue weighted by Crippen LogP contribution is 2.22. The van der Waals surface area contributed by atoms with Crippen LogP contribution in [0.4, 0.5) is 0 Å². The van der Waals surface area contributed by atoms with Crippen molar-refractivity contribution >= 4 is 23.4 Å². The summed E-state index contributed by atoms with van der Waals surface area (Å²) in [6.07, 6.45) is 0.518. The molecule has 1 aromatic heterocycles. The summed E-state index contributed by atoms with van der Waals surface area (Å²) in [5, 5.41) is 18.7. The molecule has 2 aromatic rings. The van der Waals surface area contributed by atoms with Crippen LogP contribution >= 0.6 is 12.4 Å². The number of para-hydroxylation sites is 2. The number of hydrogen-bond acceptors (Lipinski definition) is 2. The Balaban J connectivity index is 0.00000220. The van der Waals surface area contributed by atoms with Crippen molar-refractivity contribution in [2.45, 2.75) is 53.3 Å². The molecule has 0 amide bonds. The molecule has 0 aliphatic heterocycles. The molecule has 21 heavy (non-hydrogen) atoms. The van der Waals surface area contributed by atoms with Gasteiger partial charge in [0.15, 0.2) is 0 Å². The first-order valence-corrected chi connectivity index (χ1v) is 7.27. The molecule has 0 fully saturated rings. The van der Waals surface area contributed by atoms with Gasteiger partial charge in [0.05, 0.1) is 23.7 Å². The number of imidazole rings is 1. The molecule has 0 saturated carbocycles. The number of nitrogens with zero attached hydrogens (tertiary/aromatic N) is 2. The summed E-state index contributed by atoms with van der Waals surface area (Å²) in [7, 11) is 0. The van der Waals surface area contributed by atoms with Crippen molar-refractivity contribution in [3.05, 3.63) is 29.9 Å². The smallest absolute Gasteiger partial charge is 0.203 e. The molecule has 1 heterocycles. The van der Waals surface area contributed by atoms with E-state index in [9.17, 15) is 5.11 Å². The van der Waals surface area contributed by atoms with E-state index >= 15 is 0 Å². The summed E-state index contributed by atoms with van der Waals surface area (Å²) in [6.45, 7) is 9.47. The normalized spacial score (nSPS) is 13.2. The molecule has 0 saturated heterocycles. The number of benzene rings is 1. The van der Waals surface area contributed by atoms with E-state index in [1.807, 2.05) is 54.2 Å². The fourth-order valence-electron chi connectivity index (χ4n) is 2.38. The van der Waals surface area contributed by atoms with Gasteiger partial charge in [0.2, 0.25) is 5.62 Å². The van der Waals surface area contributed by atoms with Gasteiger partial charge in [0.1, 0.15) is 0 Å². The third-order valence-corrected chi connectivity index (χ3v) is 3.78. The van der Waals surface area contributed by atoms with Gasteiger partial charge in [0, 0.05) is 6.54 Å². The molecule has 1 unspecified atom stereocenters. The Hall–Kier alpha value is -1.26. The number of fused-ring (bicyclic) bond motifs is 1. The molecule has 4 nitrogen and oxygen atoms in total. The molecule has 2 rings (SSSR count). The largest absolute Gasteiger partial charge is 0.391 e. The summed E-state index contributed by atoms with van der Waals surface area (Å²) >= 11 is 0. The molecule has 0 spiro atoms. The van der Waals surface area contributed by atoms with Crippen molar-refractivity contribution in [2.24, 2.45) is 5.41 Å². The molecule has 1 aromatic carbocycles. The van der Waals surface area contributed by atoms with Gasteiger partial charge in [-0.15, -0.1) is 12.4 Å². The average molecular weight is 312 g/mol. The van der Waals surface area contributed by atoms with Crippen LogP contribution in [-0.4, -0.2) is 20.3 Å². The van der Waals surface area contributed by atoms with Crippen LogP contribution in [-0.2, 0) is 13.1 Å². The Bertz CT molecular complexity index is 652. The predicted octanol–water partition coefficient (Wildman–Crippen LogP) is 3.16. The minimum absolute atomic E-state index is 0. The number of nitrogens with one attached hydrogen (secondary N) is 1. The first kappa shape index (κ1) is 17.8. The summed E-state index contributed by atoms with van der Waals surface area (Å²) in [5.74, 6) is 0. The van der Waals surface area contributed by atoms with Crippen molar-refractivity contribution in [1.82, 2.24) is 9.13 Å². The van der Waals surface area contributed by atoms with Gasteiger partial charge in [0.25, 0.3) is 0 Å². The first-order valence-electron chi connectivity index (χ1n) is 7.27. The van der Waals surface area contributed by atoms with Crippen LogP contribution < -0.4 is 5.62 Å². The highest BCUT2D eigenvalue weighted by atomic mass is 35.5. The highest BCUT2D eigenvalue weighted by molar-refractivity contribution is 5.85. The van der Waals surface area contributed by atoms with Crippen molar-refractivity contribution in [1.29, 1.82) is 5.41 Å². The molecule has 2 N–H and O–H groups in total. The Morgan fingerprint density at radius 3 is 2.14 bits per heavy atom. The predicted molar refractivity (Wildman–Crippen MR) is 88.8 cm³/mol. The minimum Gasteiger partial charge on any atom is -0.391 e. The molecular weight excluding hydrogens is 286 g/mol. The fraction of sp³-hybridized carbons (Fsp3) is 0.562. The second-order valence-corrected chi connectivity index (χ2v) is 6.46. The van der Waals surface area contributed by atoms with E-state index in [1.165, 1.54) is 0 Å². The van der Waals surface area contributed by atoms with Gasteiger partial charge in [-0.2, -0.15) is 0 Å². The Kier molecular flexibility index (Phi) is 5.65. The molecule has 0 bridgehead atoms. The van der Waals surface area contributed by atoms with Crippen LogP contribution in [0.2, 0.25) is 0 Å². The van der Waals surface area contributed by atoms with E-state index in [0.29, 0.717) is 12.2 Å². The van der Waals surface area contributed by atoms with E-state index in [0.717, 1.165) is 24.0 Å². The summed E-state index contributed by atoms with van der Waals surface area (Å²) in [5.41, 5.74) is 2.37. The number of halogens is 1. The molecule has 1 atom stereocenters. The maximum absolute atomic E-state index is 10.3. The zero-order valence-corrected chi connectivity index (χ0v) is 14.1. The number of aliphatic hydroxyl groups is 1. The maximum atomic E-state index is 10.3. The van der Waals surface area contributed by atoms with E-state index in [2.05, 4.69) is 6.92 Å². The molecule has 118 valence electrons. The van der Waals surface area contributed by atoms with E-state index in [1.54, 1.807) is 0 Å². The Morgan fingerprint density at radius 1 is 1.14 bits per heavy atom. The minimum atomic E-state index is -0.475. The third kappa shape index (κ3) is 3.50. The van der Waals surface area contributed by atoms with E-state index in [-0.39, 0.29) is 17.8 Å². The number of rotatable bonds is 4. The zero-order valence-electron chi connectivity index (χ0n) is 13.3. The Labute approximate surface area is 132 Å². The molecule has 5 heteroatoms. The second-order valence-electron chi connectivity index (χ2n) is 6.46. The number of hydrogen-bond donors (Lipinski definition) is 2. The quantitative estimate of drug-likeness (QED) is 0.895. The lowest BCUT2D eigenvalue weighted by Gasteiger charge is -2.26. The van der Waals surface area contributed by atoms with Crippen LogP contribution in [0.1, 0.15) is 34.1 Å². The van der Waals surface area contributed by atoms with Crippen LogP contribution in [0.3, 0.4) is 0 Å². The second kappa shape index (κ2) is 6.67. The third-order valence-electron chi connectivity index (χ3n) is 3.78. The SMILES string of the molecule is CCCn1c(=N)n(CC(O)C(C)(C)C)c2ccccc21.Cl. The topological polar surface area (TPSA) is 53.9 Å². The molecule has 0 aliphatic carbocycles. The lowest BCUT2D eigenvalue weighted by Crippen LogP contribution is -2.35. The zero-order chi connectivity index (χ0) is 14.9. The van der Waals surface area contributed by atoms with Crippen LogP contribution in [0.25, 0.3) is 11.0 Å². The van der Waals surface area contributed by atoms with Crippen molar-refractivity contribution in [3.8, 4) is 0 Å². The number of aliphatic hydroxyl groups excluding tert-OH is 1. The monoisotopic (exact) mass is 311 g/mol. The van der Waals surface area contributed by atoms with Gasteiger partial charge in [-0.05, 0) is 24.0 Å². The first-order chi connectivity index (χ1) is 9.36. The van der Waals surface area contributed by atoms with Gasteiger partial charge in [-0.1, -0.05) is 39.8 Å². The number of aryl methyl sites for hydroxylation is 1. The van der Waals surface area contributed by atoms with Gasteiger partial charge in [-0.3, -0.25) is 5.41 Å². The van der Waals surface area contributed by atoms with E-state index < -0.39 is 6.10 Å². The van der Waals surface area contributed by atoms with Gasteiger partial charge < -0.3 is 14.2 Å². The molecule has 0 aliphatic rings. The lowest BCUT2D eigenvalue weighted by molar-refractivity contribution is 0.0477. The van der Waals surface area contributed by atoms with Crippen LogP contribution in [0.15, 0.2) is 24.3 Å². The van der Waals surface area contributed by atoms with Gasteiger partial charge >= 0.3 is 0 Å². The highest BCUT2D eigenvalue weighted by Gasteiger charge is 2.24. The standard InChI is InChI=1S/C16H25N3O.ClH/c1-5-10-18-12-8-6-7-9-13(12)19(15(18)17)11-14(20)16(2,3)4;/h6-9,14,17,20H,5,10-11H2,1-4H3;1H.